The van der Waals surface area contributed by atoms with Gasteiger partial charge >= 0.3 is 0 Å². The monoisotopic (exact) mass is 671 g/mol. The molecule has 0 unspecified atom stereocenters. The zero-order valence-electron chi connectivity index (χ0n) is 30.0. The molecule has 6 aromatic carbocycles. The molecule has 254 valence electrons. The van der Waals surface area contributed by atoms with Gasteiger partial charge in [0.2, 0.25) is 0 Å². The highest BCUT2D eigenvalue weighted by Gasteiger charge is 2.51. The Morgan fingerprint density at radius 3 is 1.19 bits per heavy atom. The van der Waals surface area contributed by atoms with Crippen LogP contribution in [0.1, 0.15) is 97.6 Å². The lowest BCUT2D eigenvalue weighted by Crippen LogP contribution is -2.26. The second-order valence-electron chi connectivity index (χ2n) is 15.4. The molecule has 0 aromatic heterocycles. The number of benzene rings is 6. The number of fused-ring (bicyclic) bond motifs is 10. The molecule has 10 rings (SSSR count). The Bertz CT molecular complexity index is 2200. The minimum Gasteiger partial charge on any atom is -0.310 e. The first-order chi connectivity index (χ1) is 25.8. The lowest BCUT2D eigenvalue weighted by Gasteiger charge is -2.32. The smallest absolute Gasteiger partial charge is 0.0726 e. The summed E-state index contributed by atoms with van der Waals surface area (Å²) in [5, 5.41) is 0. The molecule has 52 heavy (non-hydrogen) atoms. The van der Waals surface area contributed by atoms with E-state index in [4.69, 9.17) is 0 Å². The topological polar surface area (TPSA) is 3.24 Å². The molecule has 0 saturated heterocycles. The Hall–Kier alpha value is -5.40. The van der Waals surface area contributed by atoms with E-state index in [1.54, 1.807) is 11.1 Å². The Labute approximate surface area is 309 Å². The Morgan fingerprint density at radius 1 is 0.365 bits per heavy atom. The predicted octanol–water partition coefficient (Wildman–Crippen LogP) is 14.2. The number of hydrogen-bond donors (Lipinski definition) is 0. The Morgan fingerprint density at radius 2 is 0.750 bits per heavy atom. The van der Waals surface area contributed by atoms with Gasteiger partial charge in [-0.1, -0.05) is 139 Å². The van der Waals surface area contributed by atoms with Gasteiger partial charge < -0.3 is 4.90 Å². The van der Waals surface area contributed by atoms with Crippen LogP contribution in [0.2, 0.25) is 0 Å². The van der Waals surface area contributed by atoms with Crippen LogP contribution in [-0.4, -0.2) is 0 Å². The number of hydrogen-bond acceptors (Lipinski definition) is 1. The van der Waals surface area contributed by atoms with Crippen molar-refractivity contribution in [2.24, 2.45) is 0 Å². The zero-order chi connectivity index (χ0) is 34.5. The van der Waals surface area contributed by atoms with Crippen molar-refractivity contribution in [1.29, 1.82) is 0 Å². The zero-order valence-corrected chi connectivity index (χ0v) is 30.0. The summed E-state index contributed by atoms with van der Waals surface area (Å²) >= 11 is 0. The fraction of sp³-hybridized carbons (Fsp3) is 0.216. The van der Waals surface area contributed by atoms with Gasteiger partial charge in [0.25, 0.3) is 0 Å². The quantitative estimate of drug-likeness (QED) is 0.176. The molecular weight excluding hydrogens is 627 g/mol. The first-order valence-electron chi connectivity index (χ1n) is 19.6. The molecule has 6 aromatic rings. The fourth-order valence-electron chi connectivity index (χ4n) is 9.88. The molecule has 0 heterocycles. The SMILES string of the molecule is C(=C1CCCCC1)c1ccc(N(c2ccc(C=C3CCCCC3)cc2)c2ccc3c(c2)C2(c4ccccc4-c4ccccc42)c2ccccc2-3)cc1. The highest BCUT2D eigenvalue weighted by atomic mass is 15.1. The third-order valence-corrected chi connectivity index (χ3v) is 12.3. The summed E-state index contributed by atoms with van der Waals surface area (Å²) in [7, 11) is 0. The van der Waals surface area contributed by atoms with Gasteiger partial charge in [-0.3, -0.25) is 0 Å². The third kappa shape index (κ3) is 5.13. The maximum absolute atomic E-state index is 2.50. The van der Waals surface area contributed by atoms with Crippen LogP contribution < -0.4 is 4.90 Å². The molecule has 0 amide bonds. The highest BCUT2D eigenvalue weighted by Crippen LogP contribution is 2.63. The van der Waals surface area contributed by atoms with Crippen LogP contribution in [0, 0.1) is 0 Å². The number of anilines is 3. The van der Waals surface area contributed by atoms with E-state index in [9.17, 15) is 0 Å². The van der Waals surface area contributed by atoms with Crippen molar-refractivity contribution in [2.45, 2.75) is 69.6 Å². The Balaban J connectivity index is 1.13. The summed E-state index contributed by atoms with van der Waals surface area (Å²) in [6.07, 6.45) is 17.8. The van der Waals surface area contributed by atoms with Crippen molar-refractivity contribution < 1.29 is 0 Å². The van der Waals surface area contributed by atoms with E-state index in [1.807, 2.05) is 0 Å². The summed E-state index contributed by atoms with van der Waals surface area (Å²) in [4.78, 5) is 2.47. The van der Waals surface area contributed by atoms with Gasteiger partial charge in [-0.05, 0) is 143 Å². The van der Waals surface area contributed by atoms with E-state index in [0.29, 0.717) is 0 Å². The van der Waals surface area contributed by atoms with E-state index >= 15 is 0 Å². The van der Waals surface area contributed by atoms with Gasteiger partial charge in [0, 0.05) is 17.1 Å². The average Bonchev–Trinajstić information content (AvgIpc) is 3.67. The van der Waals surface area contributed by atoms with Crippen molar-refractivity contribution >= 4 is 29.2 Å². The highest BCUT2D eigenvalue weighted by molar-refractivity contribution is 5.96. The van der Waals surface area contributed by atoms with Crippen LogP contribution in [0.15, 0.2) is 151 Å². The molecule has 1 heteroatoms. The second-order valence-corrected chi connectivity index (χ2v) is 15.4. The van der Waals surface area contributed by atoms with Crippen molar-refractivity contribution in [2.75, 3.05) is 4.90 Å². The van der Waals surface area contributed by atoms with Gasteiger partial charge in [-0.2, -0.15) is 0 Å². The van der Waals surface area contributed by atoms with Gasteiger partial charge in [0.05, 0.1) is 5.41 Å². The van der Waals surface area contributed by atoms with Crippen molar-refractivity contribution in [3.05, 3.63) is 184 Å². The third-order valence-electron chi connectivity index (χ3n) is 12.3. The summed E-state index contributed by atoms with van der Waals surface area (Å²) in [5.74, 6) is 0. The molecule has 0 radical (unpaired) electrons. The molecule has 0 N–H and O–H groups in total. The summed E-state index contributed by atoms with van der Waals surface area (Å²) in [5.41, 5.74) is 19.8. The van der Waals surface area contributed by atoms with Crippen molar-refractivity contribution in [3.63, 3.8) is 0 Å². The van der Waals surface area contributed by atoms with Crippen LogP contribution in [0.25, 0.3) is 34.4 Å². The maximum Gasteiger partial charge on any atom is 0.0726 e. The van der Waals surface area contributed by atoms with Crippen LogP contribution in [0.4, 0.5) is 17.1 Å². The van der Waals surface area contributed by atoms with Crippen LogP contribution in [-0.2, 0) is 5.41 Å². The lowest BCUT2D eigenvalue weighted by atomic mass is 9.70. The lowest BCUT2D eigenvalue weighted by molar-refractivity contribution is 0.602. The van der Waals surface area contributed by atoms with Gasteiger partial charge in [-0.25, -0.2) is 0 Å². The molecule has 0 atom stereocenters. The summed E-state index contributed by atoms with van der Waals surface area (Å²) in [6.45, 7) is 0. The van der Waals surface area contributed by atoms with E-state index in [-0.39, 0.29) is 5.41 Å². The van der Waals surface area contributed by atoms with Crippen molar-refractivity contribution in [3.8, 4) is 22.3 Å². The Kier molecular flexibility index (Phi) is 7.82. The molecule has 0 bridgehead atoms. The molecule has 0 aliphatic heterocycles. The molecule has 4 aliphatic rings. The van der Waals surface area contributed by atoms with E-state index in [2.05, 4.69) is 157 Å². The number of allylic oxidation sites excluding steroid dienone is 2. The molecule has 4 aliphatic carbocycles. The average molecular weight is 672 g/mol. The van der Waals surface area contributed by atoms with Crippen LogP contribution >= 0.6 is 0 Å². The van der Waals surface area contributed by atoms with Gasteiger partial charge in [-0.15, -0.1) is 0 Å². The van der Waals surface area contributed by atoms with Crippen LogP contribution in [0.3, 0.4) is 0 Å². The van der Waals surface area contributed by atoms with E-state index in [0.717, 1.165) is 0 Å². The van der Waals surface area contributed by atoms with E-state index < -0.39 is 0 Å². The summed E-state index contributed by atoms with van der Waals surface area (Å²) < 4.78 is 0. The second kappa shape index (κ2) is 13.0. The number of nitrogens with zero attached hydrogens (tertiary/aromatic N) is 1. The minimum atomic E-state index is -0.368. The fourth-order valence-corrected chi connectivity index (χ4v) is 9.88. The maximum atomic E-state index is 2.50. The minimum absolute atomic E-state index is 0.368. The molecule has 2 saturated carbocycles. The molecular formula is C51H45N. The number of rotatable bonds is 5. The van der Waals surface area contributed by atoms with Crippen molar-refractivity contribution in [1.82, 2.24) is 0 Å². The van der Waals surface area contributed by atoms with Crippen LogP contribution in [0.5, 0.6) is 0 Å². The summed E-state index contributed by atoms with van der Waals surface area (Å²) in [6, 6.07) is 53.1. The molecule has 2 fully saturated rings. The molecule has 1 spiro atoms. The van der Waals surface area contributed by atoms with Gasteiger partial charge in [0.1, 0.15) is 0 Å². The van der Waals surface area contributed by atoms with E-state index in [1.165, 1.54) is 137 Å². The first kappa shape index (κ1) is 31.3. The van der Waals surface area contributed by atoms with Gasteiger partial charge in [0.15, 0.2) is 0 Å². The normalized spacial score (nSPS) is 16.5. The molecule has 1 nitrogen and oxygen atoms in total. The first-order valence-corrected chi connectivity index (χ1v) is 19.6. The largest absolute Gasteiger partial charge is 0.310 e. The standard InChI is InChI=1S/C51H45N/c1-3-13-36(14-4-1)33-38-23-27-40(28-24-38)52(41-29-25-39(26-30-41)34-37-15-5-2-6-16-37)42-31-32-46-45-19-9-12-22-49(45)51(50(46)35-42)47-20-10-7-17-43(47)44-18-8-11-21-48(44)51/h7-12,17-35H,1-6,13-16H2. The predicted molar refractivity (Wildman–Crippen MR) is 220 cm³/mol.